The van der Waals surface area contributed by atoms with Gasteiger partial charge in [-0.3, -0.25) is 4.79 Å². The van der Waals surface area contributed by atoms with E-state index in [-0.39, 0.29) is 17.1 Å². The number of carboxylic acids is 1. The molecule has 148 valence electrons. The van der Waals surface area contributed by atoms with Crippen LogP contribution in [0.3, 0.4) is 0 Å². The summed E-state index contributed by atoms with van der Waals surface area (Å²) in [5.41, 5.74) is 0.269. The maximum atomic E-state index is 12.6. The number of carboxylic acid groups (broad SMARTS) is 1. The van der Waals surface area contributed by atoms with Crippen LogP contribution in [0.15, 0.2) is 42.1 Å². The van der Waals surface area contributed by atoms with Crippen LogP contribution < -0.4 is 29.4 Å². The second kappa shape index (κ2) is 9.31. The van der Waals surface area contributed by atoms with Gasteiger partial charge in [0.25, 0.3) is 5.91 Å². The number of hydrogen-bond donors (Lipinski definition) is 1. The first-order chi connectivity index (χ1) is 13.4. The molecule has 2 aromatic rings. The molecular formula is C20H20NO7-. The summed E-state index contributed by atoms with van der Waals surface area (Å²) in [6, 6.07) is 9.45. The van der Waals surface area contributed by atoms with Gasteiger partial charge in [-0.05, 0) is 35.9 Å². The third-order valence-corrected chi connectivity index (χ3v) is 3.82. The van der Waals surface area contributed by atoms with Crippen molar-refractivity contribution in [2.75, 3.05) is 28.4 Å². The number of amides is 1. The van der Waals surface area contributed by atoms with Gasteiger partial charge in [0.15, 0.2) is 11.5 Å². The Morgan fingerprint density at radius 1 is 0.893 bits per heavy atom. The van der Waals surface area contributed by atoms with E-state index in [2.05, 4.69) is 5.32 Å². The number of nitrogens with one attached hydrogen (secondary N) is 1. The molecule has 0 saturated carbocycles. The number of rotatable bonds is 8. The number of hydrogen-bond acceptors (Lipinski definition) is 7. The minimum absolute atomic E-state index is 0.122. The average molecular weight is 386 g/mol. The van der Waals surface area contributed by atoms with E-state index in [1.165, 1.54) is 46.6 Å². The van der Waals surface area contributed by atoms with E-state index in [9.17, 15) is 14.7 Å². The summed E-state index contributed by atoms with van der Waals surface area (Å²) in [5, 5.41) is 13.8. The third kappa shape index (κ3) is 4.73. The smallest absolute Gasteiger partial charge is 0.255 e. The lowest BCUT2D eigenvalue weighted by molar-refractivity contribution is -0.299. The van der Waals surface area contributed by atoms with E-state index in [0.717, 1.165) is 0 Å². The molecule has 28 heavy (non-hydrogen) atoms. The molecule has 0 aliphatic rings. The molecule has 0 radical (unpaired) electrons. The SMILES string of the molecule is COc1ccc(/C=C(/NC(=O)c2cc(OC)c(OC)c(OC)c2)C(=O)[O-])cc1. The summed E-state index contributed by atoms with van der Waals surface area (Å²) < 4.78 is 20.7. The standard InChI is InChI=1S/C20H21NO7/c1-25-14-7-5-12(6-8-14)9-15(20(23)24)21-19(22)13-10-16(26-2)18(28-4)17(11-13)27-3/h5-11H,1-4H3,(H,21,22)(H,23,24)/p-1/b15-9+. The predicted molar refractivity (Wildman–Crippen MR) is 99.5 cm³/mol. The van der Waals surface area contributed by atoms with Crippen LogP contribution in [0.25, 0.3) is 6.08 Å². The van der Waals surface area contributed by atoms with Crippen molar-refractivity contribution in [2.24, 2.45) is 0 Å². The average Bonchev–Trinajstić information content (AvgIpc) is 2.72. The third-order valence-electron chi connectivity index (χ3n) is 3.82. The van der Waals surface area contributed by atoms with Crippen molar-refractivity contribution in [1.82, 2.24) is 5.32 Å². The summed E-state index contributed by atoms with van der Waals surface area (Å²) in [5.74, 6) is -0.744. The van der Waals surface area contributed by atoms with Crippen LogP contribution in [-0.2, 0) is 4.79 Å². The summed E-state index contributed by atoms with van der Waals surface area (Å²) >= 11 is 0. The Bertz CT molecular complexity index is 863. The highest BCUT2D eigenvalue weighted by Gasteiger charge is 2.18. The fourth-order valence-corrected chi connectivity index (χ4v) is 2.42. The predicted octanol–water partition coefficient (Wildman–Crippen LogP) is 1.24. The Morgan fingerprint density at radius 2 is 1.46 bits per heavy atom. The monoisotopic (exact) mass is 386 g/mol. The van der Waals surface area contributed by atoms with Gasteiger partial charge in [0.1, 0.15) is 5.75 Å². The molecule has 2 aromatic carbocycles. The Hall–Kier alpha value is -3.68. The second-order valence-corrected chi connectivity index (χ2v) is 5.49. The lowest BCUT2D eigenvalue weighted by Gasteiger charge is -2.15. The van der Waals surface area contributed by atoms with E-state index in [1.807, 2.05) is 0 Å². The molecule has 1 N–H and O–H groups in total. The van der Waals surface area contributed by atoms with Crippen molar-refractivity contribution in [2.45, 2.75) is 0 Å². The van der Waals surface area contributed by atoms with Crippen molar-refractivity contribution >= 4 is 18.0 Å². The lowest BCUT2D eigenvalue weighted by Crippen LogP contribution is -2.35. The van der Waals surface area contributed by atoms with Gasteiger partial charge in [-0.15, -0.1) is 0 Å². The molecule has 0 unspecified atom stereocenters. The highest BCUT2D eigenvalue weighted by atomic mass is 16.5. The van der Waals surface area contributed by atoms with Gasteiger partial charge < -0.3 is 34.2 Å². The van der Waals surface area contributed by atoms with E-state index >= 15 is 0 Å². The molecule has 0 heterocycles. The summed E-state index contributed by atoms with van der Waals surface area (Å²) in [4.78, 5) is 24.0. The number of carbonyl (C=O) groups excluding carboxylic acids is 2. The highest BCUT2D eigenvalue weighted by Crippen LogP contribution is 2.38. The molecule has 0 fully saturated rings. The topological polar surface area (TPSA) is 106 Å². The molecule has 0 atom stereocenters. The van der Waals surface area contributed by atoms with Crippen LogP contribution in [0.5, 0.6) is 23.0 Å². The van der Waals surface area contributed by atoms with Crippen LogP contribution in [-0.4, -0.2) is 40.3 Å². The van der Waals surface area contributed by atoms with E-state index in [1.54, 1.807) is 24.3 Å². The molecule has 0 bridgehead atoms. The molecule has 8 nitrogen and oxygen atoms in total. The fourth-order valence-electron chi connectivity index (χ4n) is 2.42. The van der Waals surface area contributed by atoms with Gasteiger partial charge in [-0.2, -0.15) is 0 Å². The molecule has 2 rings (SSSR count). The molecule has 0 aromatic heterocycles. The number of carbonyl (C=O) groups is 2. The van der Waals surface area contributed by atoms with Crippen LogP contribution in [0, 0.1) is 0 Å². The molecule has 0 saturated heterocycles. The molecule has 0 aliphatic heterocycles. The zero-order valence-electron chi connectivity index (χ0n) is 15.9. The van der Waals surface area contributed by atoms with Crippen molar-refractivity contribution in [3.8, 4) is 23.0 Å². The van der Waals surface area contributed by atoms with Gasteiger partial charge >= 0.3 is 0 Å². The first-order valence-electron chi connectivity index (χ1n) is 8.12. The summed E-state index contributed by atoms with van der Waals surface area (Å²) in [6.07, 6.45) is 1.28. The molecular weight excluding hydrogens is 366 g/mol. The summed E-state index contributed by atoms with van der Waals surface area (Å²) in [7, 11) is 5.78. The highest BCUT2D eigenvalue weighted by molar-refractivity contribution is 6.02. The van der Waals surface area contributed by atoms with Crippen molar-refractivity contribution in [1.29, 1.82) is 0 Å². The van der Waals surface area contributed by atoms with Gasteiger partial charge in [-0.1, -0.05) is 12.1 Å². The Kier molecular flexibility index (Phi) is 6.86. The minimum atomic E-state index is -1.53. The molecule has 1 amide bonds. The Labute approximate surface area is 162 Å². The summed E-state index contributed by atoms with van der Waals surface area (Å²) in [6.45, 7) is 0. The van der Waals surface area contributed by atoms with E-state index in [0.29, 0.717) is 17.1 Å². The molecule has 8 heteroatoms. The van der Waals surface area contributed by atoms with Crippen LogP contribution >= 0.6 is 0 Å². The minimum Gasteiger partial charge on any atom is -0.543 e. The number of aliphatic carboxylic acids is 1. The van der Waals surface area contributed by atoms with Gasteiger partial charge in [-0.25, -0.2) is 0 Å². The maximum Gasteiger partial charge on any atom is 0.255 e. The molecule has 0 spiro atoms. The largest absolute Gasteiger partial charge is 0.543 e. The van der Waals surface area contributed by atoms with E-state index < -0.39 is 17.6 Å². The van der Waals surface area contributed by atoms with E-state index in [4.69, 9.17) is 18.9 Å². The van der Waals surface area contributed by atoms with Gasteiger partial charge in [0, 0.05) is 5.56 Å². The number of benzene rings is 2. The number of methoxy groups -OCH3 is 4. The van der Waals surface area contributed by atoms with Gasteiger partial charge in [0.2, 0.25) is 5.75 Å². The normalized spacial score (nSPS) is 10.8. The first-order valence-corrected chi connectivity index (χ1v) is 8.12. The van der Waals surface area contributed by atoms with Crippen molar-refractivity contribution in [3.05, 3.63) is 53.2 Å². The fraction of sp³-hybridized carbons (Fsp3) is 0.200. The Morgan fingerprint density at radius 3 is 1.89 bits per heavy atom. The Balaban J connectivity index is 2.34. The zero-order chi connectivity index (χ0) is 20.7. The van der Waals surface area contributed by atoms with Crippen molar-refractivity contribution < 1.29 is 33.6 Å². The quantitative estimate of drug-likeness (QED) is 0.681. The van der Waals surface area contributed by atoms with Crippen molar-refractivity contribution in [3.63, 3.8) is 0 Å². The number of ether oxygens (including phenoxy) is 4. The lowest BCUT2D eigenvalue weighted by atomic mass is 10.1. The van der Waals surface area contributed by atoms with Crippen LogP contribution in [0.1, 0.15) is 15.9 Å². The zero-order valence-corrected chi connectivity index (χ0v) is 15.9. The molecule has 0 aliphatic carbocycles. The second-order valence-electron chi connectivity index (χ2n) is 5.49. The van der Waals surface area contributed by atoms with Crippen LogP contribution in [0.2, 0.25) is 0 Å². The first kappa shape index (κ1) is 20.6. The van der Waals surface area contributed by atoms with Crippen LogP contribution in [0.4, 0.5) is 0 Å². The maximum absolute atomic E-state index is 12.6. The van der Waals surface area contributed by atoms with Gasteiger partial charge in [0.05, 0.1) is 40.1 Å².